The van der Waals surface area contributed by atoms with Crippen LogP contribution in [-0.4, -0.2) is 27.8 Å². The van der Waals surface area contributed by atoms with E-state index in [2.05, 4.69) is 10.4 Å². The smallest absolute Gasteiger partial charge is 0.344 e. The van der Waals surface area contributed by atoms with Gasteiger partial charge in [0.1, 0.15) is 6.54 Å². The Hall–Kier alpha value is -1.14. The molecule has 0 aliphatic carbocycles. The Balaban J connectivity index is 0.00000128. The fourth-order valence-electron chi connectivity index (χ4n) is 1.93. The van der Waals surface area contributed by atoms with Gasteiger partial charge >= 0.3 is 5.82 Å². The molecule has 1 saturated heterocycles. The predicted octanol–water partition coefficient (Wildman–Crippen LogP) is 1.21. The molecule has 1 aliphatic rings. The van der Waals surface area contributed by atoms with E-state index in [0.717, 1.165) is 25.9 Å². The summed E-state index contributed by atoms with van der Waals surface area (Å²) in [6.07, 6.45) is 3.62. The second kappa shape index (κ2) is 5.81. The number of halogens is 1. The molecule has 6 nitrogen and oxygen atoms in total. The largest absolute Gasteiger partial charge is 0.358 e. The van der Waals surface area contributed by atoms with Gasteiger partial charge in [-0.25, -0.2) is 0 Å². The predicted molar refractivity (Wildman–Crippen MR) is 61.7 cm³/mol. The van der Waals surface area contributed by atoms with Gasteiger partial charge in [-0.3, -0.25) is 0 Å². The van der Waals surface area contributed by atoms with E-state index in [1.54, 1.807) is 0 Å². The maximum Gasteiger partial charge on any atom is 0.344 e. The van der Waals surface area contributed by atoms with Crippen LogP contribution in [0.25, 0.3) is 0 Å². The minimum Gasteiger partial charge on any atom is -0.358 e. The van der Waals surface area contributed by atoms with Crippen molar-refractivity contribution in [2.45, 2.75) is 19.4 Å². The second-order valence-electron chi connectivity index (χ2n) is 3.82. The van der Waals surface area contributed by atoms with E-state index in [-0.39, 0.29) is 23.1 Å². The van der Waals surface area contributed by atoms with Crippen molar-refractivity contribution >= 4 is 18.2 Å². The molecule has 1 aromatic heterocycles. The molecule has 1 aliphatic heterocycles. The molecule has 0 spiro atoms. The minimum atomic E-state index is -0.381. The summed E-state index contributed by atoms with van der Waals surface area (Å²) in [7, 11) is 0. The third-order valence-electron chi connectivity index (χ3n) is 2.77. The quantitative estimate of drug-likeness (QED) is 0.643. The average Bonchev–Trinajstić information content (AvgIpc) is 2.67. The molecule has 0 aromatic carbocycles. The van der Waals surface area contributed by atoms with Crippen molar-refractivity contribution in [3.05, 3.63) is 22.4 Å². The van der Waals surface area contributed by atoms with E-state index in [0.29, 0.717) is 12.5 Å². The molecule has 0 atom stereocenters. The van der Waals surface area contributed by atoms with Crippen molar-refractivity contribution < 1.29 is 4.92 Å². The van der Waals surface area contributed by atoms with Crippen LogP contribution < -0.4 is 5.32 Å². The van der Waals surface area contributed by atoms with Crippen LogP contribution in [0.15, 0.2) is 12.3 Å². The van der Waals surface area contributed by atoms with Crippen LogP contribution in [0.1, 0.15) is 12.8 Å². The Morgan fingerprint density at radius 1 is 1.56 bits per heavy atom. The van der Waals surface area contributed by atoms with Crippen LogP contribution in [-0.2, 0) is 6.54 Å². The molecule has 2 rings (SSSR count). The van der Waals surface area contributed by atoms with Gasteiger partial charge in [-0.2, -0.15) is 0 Å². The fraction of sp³-hybridized carbons (Fsp3) is 0.667. The number of piperidine rings is 1. The number of nitro groups is 1. The Morgan fingerprint density at radius 3 is 2.88 bits per heavy atom. The van der Waals surface area contributed by atoms with Crippen molar-refractivity contribution in [2.24, 2.45) is 5.92 Å². The molecule has 1 fully saturated rings. The lowest BCUT2D eigenvalue weighted by Crippen LogP contribution is -2.30. The first-order valence-corrected chi connectivity index (χ1v) is 5.14. The minimum absolute atomic E-state index is 0. The Labute approximate surface area is 99.6 Å². The van der Waals surface area contributed by atoms with Crippen molar-refractivity contribution in [3.63, 3.8) is 0 Å². The Morgan fingerprint density at radius 2 is 2.25 bits per heavy atom. The van der Waals surface area contributed by atoms with Gasteiger partial charge in [-0.15, -0.1) is 17.1 Å². The van der Waals surface area contributed by atoms with Gasteiger partial charge in [0.2, 0.25) is 0 Å². The molecule has 7 heteroatoms. The highest BCUT2D eigenvalue weighted by molar-refractivity contribution is 5.85. The molecule has 16 heavy (non-hydrogen) atoms. The van der Waals surface area contributed by atoms with Gasteiger partial charge < -0.3 is 15.4 Å². The molecule has 90 valence electrons. The summed E-state index contributed by atoms with van der Waals surface area (Å²) in [6.45, 7) is 2.66. The number of nitrogens with one attached hydrogen (secondary N) is 1. The number of hydrogen-bond acceptors (Lipinski definition) is 4. The summed E-state index contributed by atoms with van der Waals surface area (Å²) in [5.41, 5.74) is 0. The van der Waals surface area contributed by atoms with Crippen LogP contribution >= 0.6 is 12.4 Å². The van der Waals surface area contributed by atoms with E-state index in [1.807, 2.05) is 0 Å². The number of hydrogen-bond donors (Lipinski definition) is 1. The first-order valence-electron chi connectivity index (χ1n) is 5.14. The highest BCUT2D eigenvalue weighted by atomic mass is 35.5. The second-order valence-corrected chi connectivity index (χ2v) is 3.82. The topological polar surface area (TPSA) is 73.0 Å². The SMILES string of the molecule is Cl.O=[N+]([O-])c1ccnn1CC1CCNCC1. The number of aromatic nitrogens is 2. The molecular formula is C9H15ClN4O2. The highest BCUT2D eigenvalue weighted by Crippen LogP contribution is 2.17. The maximum absolute atomic E-state index is 10.7. The van der Waals surface area contributed by atoms with Crippen LogP contribution in [0.2, 0.25) is 0 Å². The first-order chi connectivity index (χ1) is 7.27. The van der Waals surface area contributed by atoms with Crippen LogP contribution in [0, 0.1) is 16.0 Å². The van der Waals surface area contributed by atoms with Gasteiger partial charge in [-0.05, 0) is 30.9 Å². The summed E-state index contributed by atoms with van der Waals surface area (Å²) in [6, 6.07) is 1.45. The lowest BCUT2D eigenvalue weighted by molar-refractivity contribution is -0.392. The zero-order chi connectivity index (χ0) is 10.7. The molecule has 0 bridgehead atoms. The summed E-state index contributed by atoms with van der Waals surface area (Å²) in [5.74, 6) is 0.596. The van der Waals surface area contributed by atoms with E-state index in [9.17, 15) is 10.1 Å². The number of rotatable bonds is 3. The molecule has 2 heterocycles. The molecule has 1 aromatic rings. The summed E-state index contributed by atoms with van der Waals surface area (Å²) < 4.78 is 1.50. The zero-order valence-corrected chi connectivity index (χ0v) is 9.65. The average molecular weight is 247 g/mol. The standard InChI is InChI=1S/C9H14N4O2.ClH/c14-13(15)9-3-6-11-12(9)7-8-1-4-10-5-2-8;/h3,6,8,10H,1-2,4-5,7H2;1H. The monoisotopic (exact) mass is 246 g/mol. The van der Waals surface area contributed by atoms with Gasteiger partial charge in [0, 0.05) is 5.92 Å². The molecule has 0 saturated carbocycles. The Bertz CT molecular complexity index is 349. The van der Waals surface area contributed by atoms with Gasteiger partial charge in [-0.1, -0.05) is 5.10 Å². The van der Waals surface area contributed by atoms with Crippen LogP contribution in [0.4, 0.5) is 5.82 Å². The molecular weight excluding hydrogens is 232 g/mol. The van der Waals surface area contributed by atoms with Gasteiger partial charge in [0.15, 0.2) is 0 Å². The van der Waals surface area contributed by atoms with E-state index < -0.39 is 0 Å². The third-order valence-corrected chi connectivity index (χ3v) is 2.77. The molecule has 0 unspecified atom stereocenters. The number of nitrogens with zero attached hydrogens (tertiary/aromatic N) is 3. The molecule has 0 radical (unpaired) electrons. The summed E-state index contributed by atoms with van der Waals surface area (Å²) in [4.78, 5) is 10.3. The van der Waals surface area contributed by atoms with Gasteiger partial charge in [0.25, 0.3) is 0 Å². The maximum atomic E-state index is 10.7. The van der Waals surface area contributed by atoms with E-state index in [4.69, 9.17) is 0 Å². The lowest BCUT2D eigenvalue weighted by Gasteiger charge is -2.20. The van der Waals surface area contributed by atoms with Crippen LogP contribution in [0.3, 0.4) is 0 Å². The van der Waals surface area contributed by atoms with E-state index >= 15 is 0 Å². The first kappa shape index (κ1) is 12.9. The zero-order valence-electron chi connectivity index (χ0n) is 8.83. The molecule has 0 amide bonds. The summed E-state index contributed by atoms with van der Waals surface area (Å²) >= 11 is 0. The lowest BCUT2D eigenvalue weighted by atomic mass is 9.98. The Kier molecular flexibility index (Phi) is 4.70. The van der Waals surface area contributed by atoms with Crippen molar-refractivity contribution in [1.29, 1.82) is 0 Å². The fourth-order valence-corrected chi connectivity index (χ4v) is 1.93. The third kappa shape index (κ3) is 2.93. The van der Waals surface area contributed by atoms with E-state index in [1.165, 1.54) is 16.9 Å². The van der Waals surface area contributed by atoms with Crippen molar-refractivity contribution in [3.8, 4) is 0 Å². The normalized spacial score (nSPS) is 16.8. The molecule has 1 N–H and O–H groups in total. The summed E-state index contributed by atoms with van der Waals surface area (Å²) in [5, 5.41) is 17.9. The van der Waals surface area contributed by atoms with Crippen LogP contribution in [0.5, 0.6) is 0 Å². The van der Waals surface area contributed by atoms with Crippen molar-refractivity contribution in [1.82, 2.24) is 15.1 Å². The highest BCUT2D eigenvalue weighted by Gasteiger charge is 2.20. The van der Waals surface area contributed by atoms with Gasteiger partial charge in [0.05, 0.1) is 12.3 Å². The van der Waals surface area contributed by atoms with Crippen molar-refractivity contribution in [2.75, 3.05) is 13.1 Å².